The van der Waals surface area contributed by atoms with Gasteiger partial charge >= 0.3 is 6.03 Å². The summed E-state index contributed by atoms with van der Waals surface area (Å²) < 4.78 is 6.21. The first-order chi connectivity index (χ1) is 15.2. The number of carbonyl (C=O) groups is 2. The van der Waals surface area contributed by atoms with Crippen molar-refractivity contribution in [2.75, 3.05) is 26.7 Å². The maximum atomic E-state index is 13.4. The molecule has 2 N–H and O–H groups in total. The number of aliphatic hydroxyl groups is 1. The SMILES string of the molecule is CC(C)NC(=O)N(C)C[C@H]1Oc2ncc(C#CC3CC3)cc2C(=O)N([C@@H](C)CO)C[C@@H]1C. The summed E-state index contributed by atoms with van der Waals surface area (Å²) in [7, 11) is 1.72. The molecule has 0 aromatic carbocycles. The minimum atomic E-state index is -0.381. The number of fused-ring (bicyclic) bond motifs is 1. The first-order valence-electron chi connectivity index (χ1n) is 11.3. The molecule has 8 nitrogen and oxygen atoms in total. The van der Waals surface area contributed by atoms with E-state index >= 15 is 0 Å². The lowest BCUT2D eigenvalue weighted by molar-refractivity contribution is 0.0351. The second-order valence-electron chi connectivity index (χ2n) is 9.23. The van der Waals surface area contributed by atoms with Crippen LogP contribution in [0.4, 0.5) is 4.79 Å². The Hall–Kier alpha value is -2.79. The number of carbonyl (C=O) groups excluding carboxylic acids is 2. The second kappa shape index (κ2) is 10.2. The number of pyridine rings is 1. The van der Waals surface area contributed by atoms with Gasteiger partial charge in [-0.3, -0.25) is 4.79 Å². The fourth-order valence-electron chi connectivity index (χ4n) is 3.51. The van der Waals surface area contributed by atoms with Crippen molar-refractivity contribution < 1.29 is 19.4 Å². The molecule has 2 aliphatic rings. The van der Waals surface area contributed by atoms with Crippen molar-refractivity contribution in [2.45, 2.75) is 58.7 Å². The van der Waals surface area contributed by atoms with E-state index in [9.17, 15) is 14.7 Å². The largest absolute Gasteiger partial charge is 0.472 e. The second-order valence-corrected chi connectivity index (χ2v) is 9.23. The average molecular weight is 443 g/mol. The molecule has 3 rings (SSSR count). The molecule has 0 radical (unpaired) electrons. The molecule has 1 aromatic rings. The molecule has 174 valence electrons. The zero-order valence-electron chi connectivity index (χ0n) is 19.6. The summed E-state index contributed by atoms with van der Waals surface area (Å²) in [5.74, 6) is 6.64. The lowest BCUT2D eigenvalue weighted by atomic mass is 10.00. The van der Waals surface area contributed by atoms with Crippen molar-refractivity contribution in [1.82, 2.24) is 20.1 Å². The van der Waals surface area contributed by atoms with Crippen LogP contribution in [-0.4, -0.2) is 76.8 Å². The third kappa shape index (κ3) is 5.92. The summed E-state index contributed by atoms with van der Waals surface area (Å²) in [6.07, 6.45) is 3.48. The normalized spacial score (nSPS) is 21.5. The van der Waals surface area contributed by atoms with E-state index < -0.39 is 0 Å². The first kappa shape index (κ1) is 23.9. The molecule has 2 heterocycles. The maximum Gasteiger partial charge on any atom is 0.317 e. The van der Waals surface area contributed by atoms with Crippen LogP contribution in [0.1, 0.15) is 56.5 Å². The number of nitrogens with zero attached hydrogens (tertiary/aromatic N) is 3. The van der Waals surface area contributed by atoms with Gasteiger partial charge in [-0.15, -0.1) is 0 Å². The quantitative estimate of drug-likeness (QED) is 0.681. The van der Waals surface area contributed by atoms with Gasteiger partial charge in [-0.1, -0.05) is 18.8 Å². The Labute approximate surface area is 190 Å². The number of hydrogen-bond donors (Lipinski definition) is 2. The van der Waals surface area contributed by atoms with Crippen molar-refractivity contribution in [1.29, 1.82) is 0 Å². The molecule has 1 saturated carbocycles. The van der Waals surface area contributed by atoms with E-state index in [1.807, 2.05) is 27.7 Å². The maximum absolute atomic E-state index is 13.4. The van der Waals surface area contributed by atoms with Crippen LogP contribution in [0.2, 0.25) is 0 Å². The third-order valence-corrected chi connectivity index (χ3v) is 5.73. The number of urea groups is 1. The van der Waals surface area contributed by atoms with Gasteiger partial charge in [0.1, 0.15) is 11.7 Å². The number of hydrogen-bond acceptors (Lipinski definition) is 5. The highest BCUT2D eigenvalue weighted by molar-refractivity contribution is 5.97. The number of nitrogens with one attached hydrogen (secondary N) is 1. The van der Waals surface area contributed by atoms with Gasteiger partial charge in [0.15, 0.2) is 0 Å². The highest BCUT2D eigenvalue weighted by atomic mass is 16.5. The van der Waals surface area contributed by atoms with Gasteiger partial charge in [0, 0.05) is 43.2 Å². The molecule has 8 heteroatoms. The van der Waals surface area contributed by atoms with Crippen molar-refractivity contribution in [3.8, 4) is 17.7 Å². The number of aromatic nitrogens is 1. The first-order valence-corrected chi connectivity index (χ1v) is 11.3. The zero-order valence-corrected chi connectivity index (χ0v) is 19.6. The molecule has 3 amide bonds. The summed E-state index contributed by atoms with van der Waals surface area (Å²) in [6, 6.07) is 1.20. The molecular formula is C24H34N4O4. The Morgan fingerprint density at radius 3 is 2.75 bits per heavy atom. The molecule has 0 saturated heterocycles. The van der Waals surface area contributed by atoms with E-state index in [1.54, 1.807) is 29.1 Å². The number of ether oxygens (including phenoxy) is 1. The number of amides is 3. The number of aliphatic hydroxyl groups excluding tert-OH is 1. The summed E-state index contributed by atoms with van der Waals surface area (Å²) in [5, 5.41) is 12.6. The van der Waals surface area contributed by atoms with Crippen LogP contribution in [-0.2, 0) is 0 Å². The van der Waals surface area contributed by atoms with E-state index in [1.165, 1.54) is 0 Å². The molecule has 3 atom stereocenters. The molecular weight excluding hydrogens is 408 g/mol. The average Bonchev–Trinajstić information content (AvgIpc) is 3.58. The van der Waals surface area contributed by atoms with Crippen LogP contribution in [0.15, 0.2) is 12.3 Å². The van der Waals surface area contributed by atoms with Crippen LogP contribution in [0.5, 0.6) is 5.88 Å². The summed E-state index contributed by atoms with van der Waals surface area (Å²) in [6.45, 7) is 8.18. The van der Waals surface area contributed by atoms with E-state index in [4.69, 9.17) is 4.74 Å². The van der Waals surface area contributed by atoms with Gasteiger partial charge in [-0.2, -0.15) is 0 Å². The van der Waals surface area contributed by atoms with Crippen molar-refractivity contribution in [2.24, 2.45) is 11.8 Å². The van der Waals surface area contributed by atoms with Crippen LogP contribution in [0, 0.1) is 23.7 Å². The molecule has 0 bridgehead atoms. The Morgan fingerprint density at radius 2 is 2.12 bits per heavy atom. The zero-order chi connectivity index (χ0) is 23.4. The van der Waals surface area contributed by atoms with Gasteiger partial charge in [0.25, 0.3) is 5.91 Å². The Kier molecular flexibility index (Phi) is 7.62. The number of rotatable bonds is 5. The molecule has 1 fully saturated rings. The van der Waals surface area contributed by atoms with Gasteiger partial charge in [-0.25, -0.2) is 9.78 Å². The van der Waals surface area contributed by atoms with Crippen molar-refractivity contribution in [3.63, 3.8) is 0 Å². The molecule has 32 heavy (non-hydrogen) atoms. The van der Waals surface area contributed by atoms with Gasteiger partial charge in [-0.05, 0) is 39.7 Å². The lowest BCUT2D eigenvalue weighted by Crippen LogP contribution is -2.51. The molecule has 1 aliphatic carbocycles. The lowest BCUT2D eigenvalue weighted by Gasteiger charge is -2.37. The molecule has 1 aliphatic heterocycles. The van der Waals surface area contributed by atoms with E-state index in [0.717, 1.165) is 12.8 Å². The van der Waals surface area contributed by atoms with Gasteiger partial charge < -0.3 is 25.0 Å². The Bertz CT molecular complexity index is 903. The molecule has 1 aromatic heterocycles. The van der Waals surface area contributed by atoms with Crippen LogP contribution >= 0.6 is 0 Å². The molecule has 0 unspecified atom stereocenters. The van der Waals surface area contributed by atoms with Crippen molar-refractivity contribution >= 4 is 11.9 Å². The predicted molar refractivity (Wildman–Crippen MR) is 121 cm³/mol. The van der Waals surface area contributed by atoms with Gasteiger partial charge in [0.2, 0.25) is 5.88 Å². The highest BCUT2D eigenvalue weighted by Gasteiger charge is 2.34. The standard InChI is InChI=1S/C24H34N4O4/c1-15(2)26-24(31)27(5)13-21-16(3)12-28(17(4)14-29)23(30)20-10-19(9-8-18-6-7-18)11-25-22(20)32-21/h10-11,15-18,21,29H,6-7,12-14H2,1-5H3,(H,26,31)/t16-,17-,21+/m0/s1. The number of likely N-dealkylation sites (N-methyl/N-ethyl adjacent to an activating group) is 1. The topological polar surface area (TPSA) is 95.0 Å². The Morgan fingerprint density at radius 1 is 1.41 bits per heavy atom. The molecule has 0 spiro atoms. The van der Waals surface area contributed by atoms with Crippen LogP contribution in [0.25, 0.3) is 0 Å². The van der Waals surface area contributed by atoms with Crippen LogP contribution < -0.4 is 10.1 Å². The Balaban J connectivity index is 1.91. The van der Waals surface area contributed by atoms with Gasteiger partial charge in [0.05, 0.1) is 19.2 Å². The van der Waals surface area contributed by atoms with Crippen LogP contribution in [0.3, 0.4) is 0 Å². The van der Waals surface area contributed by atoms with E-state index in [2.05, 4.69) is 22.1 Å². The fourth-order valence-corrected chi connectivity index (χ4v) is 3.51. The smallest absolute Gasteiger partial charge is 0.317 e. The summed E-state index contributed by atoms with van der Waals surface area (Å²) >= 11 is 0. The highest BCUT2D eigenvalue weighted by Crippen LogP contribution is 2.29. The summed E-state index contributed by atoms with van der Waals surface area (Å²) in [4.78, 5) is 33.4. The minimum absolute atomic E-state index is 0.0247. The van der Waals surface area contributed by atoms with E-state index in [0.29, 0.717) is 30.1 Å². The monoisotopic (exact) mass is 442 g/mol. The van der Waals surface area contributed by atoms with E-state index in [-0.39, 0.29) is 48.5 Å². The summed E-state index contributed by atoms with van der Waals surface area (Å²) in [5.41, 5.74) is 1.00. The fraction of sp³-hybridized carbons (Fsp3) is 0.625. The predicted octanol–water partition coefficient (Wildman–Crippen LogP) is 2.11. The van der Waals surface area contributed by atoms with Crippen molar-refractivity contribution in [3.05, 3.63) is 23.4 Å². The third-order valence-electron chi connectivity index (χ3n) is 5.73. The minimum Gasteiger partial charge on any atom is -0.472 e.